The van der Waals surface area contributed by atoms with Crippen LogP contribution >= 0.6 is 23.4 Å². The van der Waals surface area contributed by atoms with Crippen LogP contribution in [0.5, 0.6) is 0 Å². The highest BCUT2D eigenvalue weighted by atomic mass is 35.5. The van der Waals surface area contributed by atoms with Crippen LogP contribution in [0.4, 0.5) is 5.69 Å². The van der Waals surface area contributed by atoms with E-state index in [0.717, 1.165) is 10.5 Å². The third-order valence-electron chi connectivity index (χ3n) is 2.80. The number of nitrogen functional groups attached to an aromatic ring is 1. The first-order valence-corrected chi connectivity index (χ1v) is 7.81. The molecule has 0 aliphatic heterocycles. The van der Waals surface area contributed by atoms with E-state index in [2.05, 4.69) is 0 Å². The van der Waals surface area contributed by atoms with E-state index in [1.807, 2.05) is 30.3 Å². The number of hydrogen-bond acceptors (Lipinski definition) is 4. The van der Waals surface area contributed by atoms with Crippen molar-refractivity contribution < 1.29 is 9.53 Å². The standard InChI is InChI=1S/C16H16ClNO2S/c1-2-20-16(19)15(11-6-4-3-5-7-11)21-14-10-12(18)8-9-13(14)17/h3-10,15H,2,18H2,1H3. The lowest BCUT2D eigenvalue weighted by Crippen LogP contribution is -2.13. The topological polar surface area (TPSA) is 52.3 Å². The number of carbonyl (C=O) groups excluding carboxylic acids is 1. The van der Waals surface area contributed by atoms with E-state index in [9.17, 15) is 4.79 Å². The average molecular weight is 322 g/mol. The van der Waals surface area contributed by atoms with Gasteiger partial charge in [-0.15, -0.1) is 11.8 Å². The van der Waals surface area contributed by atoms with Crippen LogP contribution in [-0.4, -0.2) is 12.6 Å². The quantitative estimate of drug-likeness (QED) is 0.506. The van der Waals surface area contributed by atoms with Crippen molar-refractivity contribution in [2.24, 2.45) is 0 Å². The molecular weight excluding hydrogens is 306 g/mol. The molecule has 0 saturated heterocycles. The highest BCUT2D eigenvalue weighted by Crippen LogP contribution is 2.40. The summed E-state index contributed by atoms with van der Waals surface area (Å²) >= 11 is 7.53. The zero-order valence-corrected chi connectivity index (χ0v) is 13.2. The van der Waals surface area contributed by atoms with E-state index in [4.69, 9.17) is 22.1 Å². The van der Waals surface area contributed by atoms with Gasteiger partial charge in [-0.3, -0.25) is 4.79 Å². The third kappa shape index (κ3) is 4.16. The molecule has 0 spiro atoms. The summed E-state index contributed by atoms with van der Waals surface area (Å²) in [5, 5.41) is 0.102. The van der Waals surface area contributed by atoms with Gasteiger partial charge >= 0.3 is 5.97 Å². The van der Waals surface area contributed by atoms with Crippen LogP contribution in [0, 0.1) is 0 Å². The highest BCUT2D eigenvalue weighted by molar-refractivity contribution is 8.00. The lowest BCUT2D eigenvalue weighted by molar-refractivity contribution is -0.142. The summed E-state index contributed by atoms with van der Waals surface area (Å²) in [6.07, 6.45) is 0. The fourth-order valence-corrected chi connectivity index (χ4v) is 3.18. The van der Waals surface area contributed by atoms with Gasteiger partial charge in [-0.25, -0.2) is 0 Å². The monoisotopic (exact) mass is 321 g/mol. The second-order valence-corrected chi connectivity index (χ2v) is 5.90. The Labute approximate surface area is 133 Å². The second-order valence-electron chi connectivity index (χ2n) is 4.35. The molecule has 0 fully saturated rings. The van der Waals surface area contributed by atoms with E-state index in [-0.39, 0.29) is 5.97 Å². The van der Waals surface area contributed by atoms with Crippen LogP contribution < -0.4 is 5.73 Å². The summed E-state index contributed by atoms with van der Waals surface area (Å²) in [6.45, 7) is 2.13. The number of esters is 1. The first kappa shape index (κ1) is 15.7. The minimum absolute atomic E-state index is 0.285. The van der Waals surface area contributed by atoms with Gasteiger partial charge in [-0.2, -0.15) is 0 Å². The number of thioether (sulfide) groups is 1. The van der Waals surface area contributed by atoms with Crippen molar-refractivity contribution in [2.75, 3.05) is 12.3 Å². The maximum atomic E-state index is 12.2. The van der Waals surface area contributed by atoms with Gasteiger partial charge in [0.2, 0.25) is 0 Å². The van der Waals surface area contributed by atoms with Crippen molar-refractivity contribution in [3.05, 3.63) is 59.1 Å². The zero-order chi connectivity index (χ0) is 15.2. The Morgan fingerprint density at radius 3 is 2.67 bits per heavy atom. The van der Waals surface area contributed by atoms with E-state index in [1.165, 1.54) is 11.8 Å². The lowest BCUT2D eigenvalue weighted by atomic mass is 10.1. The molecule has 0 bridgehead atoms. The number of hydrogen-bond donors (Lipinski definition) is 1. The Kier molecular flexibility index (Phi) is 5.53. The number of anilines is 1. The molecule has 0 amide bonds. The fraction of sp³-hybridized carbons (Fsp3) is 0.188. The first-order chi connectivity index (χ1) is 10.1. The maximum Gasteiger partial charge on any atom is 0.323 e. The van der Waals surface area contributed by atoms with Crippen LogP contribution in [0.1, 0.15) is 17.7 Å². The van der Waals surface area contributed by atoms with Crippen molar-refractivity contribution in [2.45, 2.75) is 17.1 Å². The Hall–Kier alpha value is -1.65. The SMILES string of the molecule is CCOC(=O)C(Sc1cc(N)ccc1Cl)c1ccccc1. The molecule has 0 aliphatic rings. The number of nitrogens with two attached hydrogens (primary N) is 1. The molecule has 2 rings (SSSR count). The van der Waals surface area contributed by atoms with Crippen molar-refractivity contribution in [3.63, 3.8) is 0 Å². The fourth-order valence-electron chi connectivity index (χ4n) is 1.84. The van der Waals surface area contributed by atoms with Crippen molar-refractivity contribution in [3.8, 4) is 0 Å². The molecule has 1 unspecified atom stereocenters. The van der Waals surface area contributed by atoms with Gasteiger partial charge in [-0.05, 0) is 30.7 Å². The molecule has 2 aromatic carbocycles. The molecular formula is C16H16ClNO2S. The van der Waals surface area contributed by atoms with Crippen molar-refractivity contribution >= 4 is 35.0 Å². The smallest absolute Gasteiger partial charge is 0.323 e. The van der Waals surface area contributed by atoms with Crippen molar-refractivity contribution in [1.29, 1.82) is 0 Å². The average Bonchev–Trinajstić information content (AvgIpc) is 2.49. The zero-order valence-electron chi connectivity index (χ0n) is 11.6. The normalized spacial score (nSPS) is 11.9. The largest absolute Gasteiger partial charge is 0.465 e. The molecule has 21 heavy (non-hydrogen) atoms. The van der Waals surface area contributed by atoms with Crippen LogP contribution in [0.3, 0.4) is 0 Å². The van der Waals surface area contributed by atoms with Gasteiger partial charge < -0.3 is 10.5 Å². The van der Waals surface area contributed by atoms with Crippen LogP contribution in [0.25, 0.3) is 0 Å². The molecule has 0 aliphatic carbocycles. The first-order valence-electron chi connectivity index (χ1n) is 6.55. The number of carbonyl (C=O) groups is 1. The summed E-state index contributed by atoms with van der Waals surface area (Å²) < 4.78 is 5.17. The second kappa shape index (κ2) is 7.38. The molecule has 3 nitrogen and oxygen atoms in total. The molecule has 0 saturated carbocycles. The Morgan fingerprint density at radius 2 is 2.00 bits per heavy atom. The molecule has 0 heterocycles. The van der Waals surface area contributed by atoms with Crippen LogP contribution in [-0.2, 0) is 9.53 Å². The highest BCUT2D eigenvalue weighted by Gasteiger charge is 2.24. The van der Waals surface area contributed by atoms with Gasteiger partial charge in [-0.1, -0.05) is 41.9 Å². The van der Waals surface area contributed by atoms with Gasteiger partial charge in [0.05, 0.1) is 11.6 Å². The third-order valence-corrected chi connectivity index (χ3v) is 4.54. The minimum atomic E-state index is -0.467. The van der Waals surface area contributed by atoms with Gasteiger partial charge in [0.1, 0.15) is 5.25 Å². The van der Waals surface area contributed by atoms with Gasteiger partial charge in [0, 0.05) is 10.6 Å². The number of ether oxygens (including phenoxy) is 1. The van der Waals surface area contributed by atoms with E-state index >= 15 is 0 Å². The lowest BCUT2D eigenvalue weighted by Gasteiger charge is -2.16. The molecule has 0 radical (unpaired) electrons. The minimum Gasteiger partial charge on any atom is -0.465 e. The summed E-state index contributed by atoms with van der Waals surface area (Å²) in [5.41, 5.74) is 7.27. The summed E-state index contributed by atoms with van der Waals surface area (Å²) in [7, 11) is 0. The van der Waals surface area contributed by atoms with E-state index in [1.54, 1.807) is 25.1 Å². The Bertz CT molecular complexity index is 619. The summed E-state index contributed by atoms with van der Waals surface area (Å²) in [4.78, 5) is 13.0. The summed E-state index contributed by atoms with van der Waals surface area (Å²) in [6, 6.07) is 14.7. The molecule has 2 N–H and O–H groups in total. The van der Waals surface area contributed by atoms with E-state index < -0.39 is 5.25 Å². The molecule has 1 atom stereocenters. The molecule has 110 valence electrons. The van der Waals surface area contributed by atoms with Crippen molar-refractivity contribution in [1.82, 2.24) is 0 Å². The number of rotatable bonds is 5. The molecule has 0 aromatic heterocycles. The number of benzene rings is 2. The molecule has 5 heteroatoms. The maximum absolute atomic E-state index is 12.2. The summed E-state index contributed by atoms with van der Waals surface area (Å²) in [5.74, 6) is -0.285. The van der Waals surface area contributed by atoms with Gasteiger partial charge in [0.25, 0.3) is 0 Å². The van der Waals surface area contributed by atoms with Crippen LogP contribution in [0.2, 0.25) is 5.02 Å². The Morgan fingerprint density at radius 1 is 1.29 bits per heavy atom. The molecule has 2 aromatic rings. The predicted octanol–water partition coefficient (Wildman–Crippen LogP) is 4.32. The predicted molar refractivity (Wildman–Crippen MR) is 87.5 cm³/mol. The van der Waals surface area contributed by atoms with Gasteiger partial charge in [0.15, 0.2) is 0 Å². The Balaban J connectivity index is 2.32. The number of halogens is 1. The van der Waals surface area contributed by atoms with Crippen LogP contribution in [0.15, 0.2) is 53.4 Å². The van der Waals surface area contributed by atoms with E-state index in [0.29, 0.717) is 17.3 Å².